The van der Waals surface area contributed by atoms with Gasteiger partial charge in [0.25, 0.3) is 0 Å². The molecule has 0 fully saturated rings. The van der Waals surface area contributed by atoms with Crippen molar-refractivity contribution in [1.82, 2.24) is 0 Å². The van der Waals surface area contributed by atoms with E-state index in [1.807, 2.05) is 12.1 Å². The fourth-order valence-corrected chi connectivity index (χ4v) is 6.98. The summed E-state index contributed by atoms with van der Waals surface area (Å²) in [5.41, 5.74) is 6.92. The highest BCUT2D eigenvalue weighted by molar-refractivity contribution is 7.48. The molecule has 2 atom stereocenters. The van der Waals surface area contributed by atoms with Gasteiger partial charge >= 0.3 is 0 Å². The Morgan fingerprint density at radius 1 is 0.878 bits per heavy atom. The van der Waals surface area contributed by atoms with Crippen LogP contribution in [0.3, 0.4) is 0 Å². The smallest absolute Gasteiger partial charge is 0.188 e. The van der Waals surface area contributed by atoms with Gasteiger partial charge in [0.05, 0.1) is 0 Å². The summed E-state index contributed by atoms with van der Waals surface area (Å²) in [6.07, 6.45) is 6.49. The molecule has 214 valence electrons. The minimum atomic E-state index is -0.247. The van der Waals surface area contributed by atoms with Crippen LogP contribution in [-0.2, 0) is 22.7 Å². The van der Waals surface area contributed by atoms with Crippen LogP contribution in [0.15, 0.2) is 96.0 Å². The molecule has 0 aliphatic heterocycles. The molecule has 41 heavy (non-hydrogen) atoms. The Hall–Kier alpha value is -3.33. The number of nitrogens with zero attached hydrogens (tertiary/aromatic N) is 1. The molecule has 0 bridgehead atoms. The summed E-state index contributed by atoms with van der Waals surface area (Å²) in [6.45, 7) is 4.74. The van der Waals surface area contributed by atoms with Crippen molar-refractivity contribution in [3.05, 3.63) is 130 Å². The van der Waals surface area contributed by atoms with Gasteiger partial charge in [-0.15, -0.1) is 0 Å². The number of aliphatic imine (C=N–C) groups is 1. The average molecular weight is 570 g/mol. The summed E-state index contributed by atoms with van der Waals surface area (Å²) in [5, 5.41) is 0.858. The number of methoxy groups -OCH3 is 1. The molecule has 0 N–H and O–H groups in total. The molecule has 2 unspecified atom stereocenters. The van der Waals surface area contributed by atoms with Gasteiger partial charge in [0.1, 0.15) is 11.6 Å². The highest BCUT2D eigenvalue weighted by atomic mass is 31.1. The van der Waals surface area contributed by atoms with Gasteiger partial charge < -0.3 is 9.47 Å². The Morgan fingerprint density at radius 3 is 2.20 bits per heavy atom. The molecule has 0 saturated carbocycles. The predicted octanol–water partition coefficient (Wildman–Crippen LogP) is 8.45. The topological polar surface area (TPSA) is 30.8 Å². The zero-order valence-electron chi connectivity index (χ0n) is 24.6. The van der Waals surface area contributed by atoms with Crippen molar-refractivity contribution < 1.29 is 13.9 Å². The monoisotopic (exact) mass is 569 g/mol. The minimum Gasteiger partial charge on any atom is -0.467 e. The van der Waals surface area contributed by atoms with E-state index in [1.54, 1.807) is 32.5 Å². The molecular formula is C36H41FNO2P. The molecule has 0 amide bonds. The van der Waals surface area contributed by atoms with E-state index in [-0.39, 0.29) is 17.8 Å². The van der Waals surface area contributed by atoms with Gasteiger partial charge in [-0.1, -0.05) is 114 Å². The first-order valence-corrected chi connectivity index (χ1v) is 15.3. The lowest BCUT2D eigenvalue weighted by molar-refractivity contribution is 0.0493. The van der Waals surface area contributed by atoms with Crippen LogP contribution in [-0.4, -0.2) is 27.2 Å². The van der Waals surface area contributed by atoms with E-state index < -0.39 is 0 Å². The third-order valence-electron chi connectivity index (χ3n) is 7.35. The molecule has 0 saturated heterocycles. The van der Waals surface area contributed by atoms with Gasteiger partial charge in [-0.3, -0.25) is 4.99 Å². The van der Waals surface area contributed by atoms with Gasteiger partial charge in [-0.25, -0.2) is 4.39 Å². The zero-order valence-corrected chi connectivity index (χ0v) is 25.6. The van der Waals surface area contributed by atoms with Crippen LogP contribution < -0.4 is 10.0 Å². The van der Waals surface area contributed by atoms with Gasteiger partial charge in [-0.05, 0) is 52.5 Å². The molecule has 5 heteroatoms. The number of unbranched alkanes of at least 4 members (excludes halogenated alkanes) is 1. The van der Waals surface area contributed by atoms with Crippen molar-refractivity contribution in [2.24, 2.45) is 4.99 Å². The maximum Gasteiger partial charge on any atom is 0.188 e. The van der Waals surface area contributed by atoms with Crippen molar-refractivity contribution in [1.29, 1.82) is 0 Å². The fraction of sp³-hybridized carbons (Fsp3) is 0.306. The van der Waals surface area contributed by atoms with E-state index in [0.717, 1.165) is 54.3 Å². The molecule has 0 spiro atoms. The van der Waals surface area contributed by atoms with Crippen molar-refractivity contribution in [3.8, 4) is 5.75 Å². The SMILES string of the molecule is CCCCC(C)(Pc1ccc(F)cc1/C=N/C)c1cc(Cc2ccccc2)cc(Cc2ccccc2)c1OCOC. The third-order valence-corrected chi connectivity index (χ3v) is 9.15. The number of benzene rings is 4. The average Bonchev–Trinajstić information content (AvgIpc) is 2.98. The van der Waals surface area contributed by atoms with Crippen molar-refractivity contribution >= 4 is 20.1 Å². The summed E-state index contributed by atoms with van der Waals surface area (Å²) in [6, 6.07) is 30.8. The molecular weight excluding hydrogens is 528 g/mol. The quantitative estimate of drug-likeness (QED) is 0.0867. The second-order valence-corrected chi connectivity index (χ2v) is 12.6. The Bertz CT molecular complexity index is 1420. The maximum absolute atomic E-state index is 14.3. The number of hydrogen-bond acceptors (Lipinski definition) is 3. The van der Waals surface area contributed by atoms with Crippen LogP contribution in [0.2, 0.25) is 0 Å². The normalized spacial score (nSPS) is 13.2. The Labute approximate surface area is 246 Å². The first-order chi connectivity index (χ1) is 20.0. The van der Waals surface area contributed by atoms with Crippen molar-refractivity contribution in [2.75, 3.05) is 21.0 Å². The number of ether oxygens (including phenoxy) is 2. The largest absolute Gasteiger partial charge is 0.467 e. The maximum atomic E-state index is 14.3. The third kappa shape index (κ3) is 8.35. The predicted molar refractivity (Wildman–Crippen MR) is 172 cm³/mol. The zero-order chi connectivity index (χ0) is 29.1. The lowest BCUT2D eigenvalue weighted by atomic mass is 9.87. The second kappa shape index (κ2) is 15.1. The number of rotatable bonds is 14. The highest BCUT2D eigenvalue weighted by Gasteiger charge is 2.32. The first kappa shape index (κ1) is 30.6. The lowest BCUT2D eigenvalue weighted by Gasteiger charge is -2.34. The lowest BCUT2D eigenvalue weighted by Crippen LogP contribution is -2.23. The van der Waals surface area contributed by atoms with Crippen molar-refractivity contribution in [3.63, 3.8) is 0 Å². The van der Waals surface area contributed by atoms with Gasteiger partial charge in [-0.2, -0.15) is 0 Å². The summed E-state index contributed by atoms with van der Waals surface area (Å²) in [7, 11) is 3.78. The Kier molecular flexibility index (Phi) is 11.2. The number of halogens is 1. The van der Waals surface area contributed by atoms with Crippen molar-refractivity contribution in [2.45, 2.75) is 51.1 Å². The number of hydrogen-bond donors (Lipinski definition) is 0. The second-order valence-electron chi connectivity index (χ2n) is 10.7. The van der Waals surface area contributed by atoms with Crippen LogP contribution in [0, 0.1) is 5.82 Å². The van der Waals surface area contributed by atoms with E-state index in [0.29, 0.717) is 8.58 Å². The fourth-order valence-electron chi connectivity index (χ4n) is 5.32. The van der Waals surface area contributed by atoms with Crippen LogP contribution in [0.5, 0.6) is 5.75 Å². The standard InChI is InChI=1S/C36H41FNO2P/c1-5-6-19-36(2,41-34-18-17-32(37)24-31(34)25-38-3)33-23-29(20-27-13-9-7-10-14-27)22-30(35(33)40-26-39-4)21-28-15-11-8-12-16-28/h7-18,22-25,41H,5-6,19-21,26H2,1-4H3/b38-25+. The molecule has 0 aliphatic carbocycles. The molecule has 0 aliphatic rings. The molecule has 4 rings (SSSR count). The van der Waals surface area contributed by atoms with Gasteiger partial charge in [0, 0.05) is 43.1 Å². The summed E-state index contributed by atoms with van der Waals surface area (Å²) in [5.74, 6) is 0.647. The Balaban J connectivity index is 1.91. The summed E-state index contributed by atoms with van der Waals surface area (Å²) in [4.78, 5) is 4.22. The molecule has 4 aromatic carbocycles. The molecule has 4 aromatic rings. The molecule has 0 aromatic heterocycles. The van der Waals surface area contributed by atoms with E-state index in [4.69, 9.17) is 9.47 Å². The van der Waals surface area contributed by atoms with Gasteiger partial charge in [0.15, 0.2) is 6.79 Å². The van der Waals surface area contributed by atoms with Crippen LogP contribution in [0.1, 0.15) is 66.5 Å². The molecule has 0 heterocycles. The highest BCUT2D eigenvalue weighted by Crippen LogP contribution is 2.50. The Morgan fingerprint density at radius 2 is 1.56 bits per heavy atom. The van der Waals surface area contributed by atoms with Crippen LogP contribution in [0.4, 0.5) is 4.39 Å². The summed E-state index contributed by atoms with van der Waals surface area (Å²) >= 11 is 0. The van der Waals surface area contributed by atoms with Crippen LogP contribution >= 0.6 is 8.58 Å². The first-order valence-electron chi connectivity index (χ1n) is 14.3. The van der Waals surface area contributed by atoms with Crippen LogP contribution in [0.25, 0.3) is 0 Å². The summed E-state index contributed by atoms with van der Waals surface area (Å²) < 4.78 is 26.1. The molecule has 0 radical (unpaired) electrons. The minimum absolute atomic E-state index is 0.171. The molecule has 3 nitrogen and oxygen atoms in total. The van der Waals surface area contributed by atoms with Gasteiger partial charge in [0.2, 0.25) is 0 Å². The van der Waals surface area contributed by atoms with E-state index in [1.165, 1.54) is 22.3 Å². The van der Waals surface area contributed by atoms with E-state index >= 15 is 0 Å². The van der Waals surface area contributed by atoms with E-state index in [9.17, 15) is 4.39 Å². The van der Waals surface area contributed by atoms with E-state index in [2.05, 4.69) is 85.6 Å².